The van der Waals surface area contributed by atoms with Crippen LogP contribution in [0.2, 0.25) is 0 Å². The quantitative estimate of drug-likeness (QED) is 0.810. The van der Waals surface area contributed by atoms with Crippen molar-refractivity contribution in [1.82, 2.24) is 20.0 Å². The molecule has 0 bridgehead atoms. The predicted molar refractivity (Wildman–Crippen MR) is 100 cm³/mol. The van der Waals surface area contributed by atoms with Crippen molar-refractivity contribution in [3.05, 3.63) is 0 Å². The van der Waals surface area contributed by atoms with Gasteiger partial charge in [-0.25, -0.2) is 0 Å². The number of nitrogens with zero attached hydrogens (tertiary/aromatic N) is 3. The molecule has 0 spiro atoms. The summed E-state index contributed by atoms with van der Waals surface area (Å²) in [6, 6.07) is 1.66. The Balaban J connectivity index is 1.46. The van der Waals surface area contributed by atoms with Crippen LogP contribution < -0.4 is 5.32 Å². The van der Waals surface area contributed by atoms with E-state index in [1.165, 1.54) is 38.5 Å². The van der Waals surface area contributed by atoms with Gasteiger partial charge in [-0.2, -0.15) is 0 Å². The van der Waals surface area contributed by atoms with Gasteiger partial charge in [0, 0.05) is 38.3 Å². The largest absolute Gasteiger partial charge is 0.334 e. The zero-order valence-electron chi connectivity index (χ0n) is 16.3. The third-order valence-electron chi connectivity index (χ3n) is 7.16. The number of nitrogens with one attached hydrogen (secondary N) is 1. The van der Waals surface area contributed by atoms with Gasteiger partial charge < -0.3 is 9.80 Å². The lowest BCUT2D eigenvalue weighted by Crippen LogP contribution is -2.67. The van der Waals surface area contributed by atoms with Crippen LogP contribution in [0.5, 0.6) is 0 Å². The number of carbonyl (C=O) groups is 2. The minimum absolute atomic E-state index is 0.120. The van der Waals surface area contributed by atoms with Gasteiger partial charge in [-0.15, -0.1) is 0 Å². The van der Waals surface area contributed by atoms with Crippen molar-refractivity contribution >= 4 is 11.8 Å². The number of hydrogen-bond donors (Lipinski definition) is 1. The highest BCUT2D eigenvalue weighted by Crippen LogP contribution is 2.33. The highest BCUT2D eigenvalue weighted by Gasteiger charge is 2.45. The van der Waals surface area contributed by atoms with Gasteiger partial charge in [0.05, 0.1) is 18.6 Å². The summed E-state index contributed by atoms with van der Waals surface area (Å²) < 4.78 is 0. The van der Waals surface area contributed by atoms with E-state index in [1.807, 2.05) is 0 Å². The Hall–Kier alpha value is -1.14. The third kappa shape index (κ3) is 3.26. The van der Waals surface area contributed by atoms with E-state index < -0.39 is 0 Å². The van der Waals surface area contributed by atoms with E-state index in [-0.39, 0.29) is 29.9 Å². The van der Waals surface area contributed by atoms with Gasteiger partial charge in [-0.1, -0.05) is 25.7 Å². The van der Waals surface area contributed by atoms with Gasteiger partial charge in [0.1, 0.15) is 0 Å². The molecule has 4 fully saturated rings. The van der Waals surface area contributed by atoms with E-state index in [0.717, 1.165) is 19.5 Å². The fraction of sp³-hybridized carbons (Fsp3) is 0.900. The Bertz CT molecular complexity index is 554. The zero-order chi connectivity index (χ0) is 18.3. The van der Waals surface area contributed by atoms with Crippen molar-refractivity contribution < 1.29 is 9.59 Å². The summed E-state index contributed by atoms with van der Waals surface area (Å²) in [7, 11) is 0. The van der Waals surface area contributed by atoms with Gasteiger partial charge in [-0.05, 0) is 32.6 Å². The van der Waals surface area contributed by atoms with Gasteiger partial charge in [0.25, 0.3) is 0 Å². The number of carbonyl (C=O) groups excluding carboxylic acids is 2. The van der Waals surface area contributed by atoms with Gasteiger partial charge in [0.15, 0.2) is 0 Å². The summed E-state index contributed by atoms with van der Waals surface area (Å²) >= 11 is 0. The topological polar surface area (TPSA) is 55.9 Å². The molecule has 5 atom stereocenters. The van der Waals surface area contributed by atoms with E-state index in [0.29, 0.717) is 25.2 Å². The molecule has 2 amide bonds. The van der Waals surface area contributed by atoms with Crippen LogP contribution >= 0.6 is 0 Å². The Morgan fingerprint density at radius 1 is 0.962 bits per heavy atom. The fourth-order valence-corrected chi connectivity index (χ4v) is 6.02. The first kappa shape index (κ1) is 18.2. The first-order chi connectivity index (χ1) is 12.6. The third-order valence-corrected chi connectivity index (χ3v) is 7.16. The molecule has 0 radical (unpaired) electrons. The second-order valence-electron chi connectivity index (χ2n) is 8.81. The molecule has 2 aliphatic heterocycles. The van der Waals surface area contributed by atoms with Crippen LogP contribution in [0.3, 0.4) is 0 Å². The first-order valence-corrected chi connectivity index (χ1v) is 10.6. The molecule has 146 valence electrons. The normalized spacial score (nSPS) is 38.0. The molecular weight excluding hydrogens is 328 g/mol. The van der Waals surface area contributed by atoms with Crippen LogP contribution in [-0.4, -0.2) is 76.5 Å². The van der Waals surface area contributed by atoms with Crippen molar-refractivity contribution in [2.45, 2.75) is 95.4 Å². The van der Waals surface area contributed by atoms with Gasteiger partial charge >= 0.3 is 0 Å². The van der Waals surface area contributed by atoms with Crippen LogP contribution in [0.4, 0.5) is 0 Å². The molecule has 2 saturated carbocycles. The molecule has 2 heterocycles. The SMILES string of the molecule is CC(=O)N1C2CCCCC2N(C(=O)CN2CNC3CCCCC32)C[C@@H]1C. The summed E-state index contributed by atoms with van der Waals surface area (Å²) in [5.41, 5.74) is 0. The van der Waals surface area contributed by atoms with Gasteiger partial charge in [0.2, 0.25) is 11.8 Å². The van der Waals surface area contributed by atoms with Crippen LogP contribution in [0, 0.1) is 0 Å². The molecule has 4 rings (SSSR count). The second-order valence-corrected chi connectivity index (χ2v) is 8.81. The van der Waals surface area contributed by atoms with E-state index >= 15 is 0 Å². The molecule has 26 heavy (non-hydrogen) atoms. The zero-order valence-corrected chi connectivity index (χ0v) is 16.3. The molecular formula is C20H34N4O2. The summed E-state index contributed by atoms with van der Waals surface area (Å²) in [5, 5.41) is 3.61. The number of piperazine rings is 1. The molecule has 0 aromatic heterocycles. The molecule has 6 nitrogen and oxygen atoms in total. The minimum atomic E-state index is 0.120. The molecule has 0 aromatic rings. The maximum atomic E-state index is 13.3. The number of amides is 2. The average Bonchev–Trinajstić information content (AvgIpc) is 3.03. The van der Waals surface area contributed by atoms with E-state index in [2.05, 4.69) is 26.9 Å². The fourth-order valence-electron chi connectivity index (χ4n) is 6.02. The lowest BCUT2D eigenvalue weighted by atomic mass is 9.84. The molecule has 2 aliphatic carbocycles. The molecule has 4 aliphatic rings. The van der Waals surface area contributed by atoms with Crippen molar-refractivity contribution in [1.29, 1.82) is 0 Å². The summed E-state index contributed by atoms with van der Waals surface area (Å²) in [5.74, 6) is 0.431. The summed E-state index contributed by atoms with van der Waals surface area (Å²) in [6.45, 7) is 5.84. The molecule has 2 saturated heterocycles. The van der Waals surface area contributed by atoms with Crippen molar-refractivity contribution in [3.63, 3.8) is 0 Å². The van der Waals surface area contributed by atoms with E-state index in [4.69, 9.17) is 0 Å². The predicted octanol–water partition coefficient (Wildman–Crippen LogP) is 1.55. The average molecular weight is 363 g/mol. The molecule has 1 N–H and O–H groups in total. The molecule has 0 aromatic carbocycles. The summed E-state index contributed by atoms with van der Waals surface area (Å²) in [4.78, 5) is 32.0. The van der Waals surface area contributed by atoms with Crippen molar-refractivity contribution in [3.8, 4) is 0 Å². The lowest BCUT2D eigenvalue weighted by molar-refractivity contribution is -0.153. The monoisotopic (exact) mass is 362 g/mol. The number of hydrogen-bond acceptors (Lipinski definition) is 4. The highest BCUT2D eigenvalue weighted by molar-refractivity contribution is 5.80. The Kier molecular flexibility index (Phi) is 5.24. The van der Waals surface area contributed by atoms with Crippen LogP contribution in [0.1, 0.15) is 65.2 Å². The second kappa shape index (κ2) is 7.47. The van der Waals surface area contributed by atoms with Crippen molar-refractivity contribution in [2.24, 2.45) is 0 Å². The number of fused-ring (bicyclic) bond motifs is 2. The minimum Gasteiger partial charge on any atom is -0.334 e. The Morgan fingerprint density at radius 3 is 2.35 bits per heavy atom. The lowest BCUT2D eigenvalue weighted by Gasteiger charge is -2.53. The summed E-state index contributed by atoms with van der Waals surface area (Å²) in [6.07, 6.45) is 9.46. The van der Waals surface area contributed by atoms with E-state index in [9.17, 15) is 9.59 Å². The van der Waals surface area contributed by atoms with Crippen LogP contribution in [0.25, 0.3) is 0 Å². The number of rotatable bonds is 2. The van der Waals surface area contributed by atoms with Crippen LogP contribution in [-0.2, 0) is 9.59 Å². The van der Waals surface area contributed by atoms with Crippen LogP contribution in [0.15, 0.2) is 0 Å². The van der Waals surface area contributed by atoms with E-state index in [1.54, 1.807) is 6.92 Å². The highest BCUT2D eigenvalue weighted by atomic mass is 16.2. The van der Waals surface area contributed by atoms with Crippen molar-refractivity contribution in [2.75, 3.05) is 19.8 Å². The molecule has 4 unspecified atom stereocenters. The maximum Gasteiger partial charge on any atom is 0.237 e. The standard InChI is InChI=1S/C20H34N4O2/c1-14-11-23(18-9-5-6-10-19(18)24(14)15(2)25)20(26)12-22-13-21-16-7-3-4-8-17(16)22/h14,16-19,21H,3-13H2,1-2H3/t14-,16?,17?,18?,19?/m0/s1. The maximum absolute atomic E-state index is 13.3. The first-order valence-electron chi connectivity index (χ1n) is 10.6. The van der Waals surface area contributed by atoms with Gasteiger partial charge in [-0.3, -0.25) is 19.8 Å². The smallest absolute Gasteiger partial charge is 0.237 e. The molecule has 6 heteroatoms. The Morgan fingerprint density at radius 2 is 1.62 bits per heavy atom. The Labute approximate surface area is 157 Å².